The van der Waals surface area contributed by atoms with Crippen LogP contribution in [-0.2, 0) is 12.6 Å². The Hall–Kier alpha value is -2.90. The minimum atomic E-state index is -4.38. The molecule has 1 amide bonds. The van der Waals surface area contributed by atoms with Gasteiger partial charge in [-0.25, -0.2) is 0 Å². The van der Waals surface area contributed by atoms with Crippen LogP contribution >= 0.6 is 0 Å². The van der Waals surface area contributed by atoms with E-state index in [0.29, 0.717) is 12.0 Å². The third-order valence-electron chi connectivity index (χ3n) is 3.73. The zero-order valence-corrected chi connectivity index (χ0v) is 13.3. The summed E-state index contributed by atoms with van der Waals surface area (Å²) >= 11 is 0. The first kappa shape index (κ1) is 18.4. The molecule has 2 rings (SSSR count). The number of nitrogens with zero attached hydrogens (tertiary/aromatic N) is 1. The number of carbonyl (C=O) groups is 1. The van der Waals surface area contributed by atoms with E-state index >= 15 is 0 Å². The third-order valence-corrected chi connectivity index (χ3v) is 3.73. The highest BCUT2D eigenvalue weighted by Gasteiger charge is 2.29. The maximum atomic E-state index is 12.5. The van der Waals surface area contributed by atoms with E-state index in [9.17, 15) is 28.1 Å². The van der Waals surface area contributed by atoms with Crippen molar-refractivity contribution in [3.05, 3.63) is 74.8 Å². The number of rotatable bonds is 5. The van der Waals surface area contributed by atoms with Gasteiger partial charge in [0.05, 0.1) is 10.5 Å². The monoisotopic (exact) mass is 352 g/mol. The first-order valence-corrected chi connectivity index (χ1v) is 7.38. The maximum Gasteiger partial charge on any atom is 0.416 e. The smallest absolute Gasteiger partial charge is 0.352 e. The zero-order valence-electron chi connectivity index (χ0n) is 13.3. The fraction of sp³-hybridized carbons (Fsp3) is 0.235. The van der Waals surface area contributed by atoms with Crippen molar-refractivity contribution < 1.29 is 22.9 Å². The van der Waals surface area contributed by atoms with Crippen LogP contribution in [0.3, 0.4) is 0 Å². The summed E-state index contributed by atoms with van der Waals surface area (Å²) in [5.41, 5.74) is 0.230. The highest BCUT2D eigenvalue weighted by molar-refractivity contribution is 5.96. The van der Waals surface area contributed by atoms with Gasteiger partial charge in [-0.1, -0.05) is 18.2 Å². The Balaban J connectivity index is 1.97. The number of amides is 1. The Morgan fingerprint density at radius 2 is 1.80 bits per heavy atom. The molecule has 0 heterocycles. The fourth-order valence-corrected chi connectivity index (χ4v) is 2.34. The van der Waals surface area contributed by atoms with Gasteiger partial charge in [0.2, 0.25) is 0 Å². The SMILES string of the molecule is Cc1c(C(=O)NCCc2ccc(C(F)(F)F)cc2)cccc1[N+](=O)[O-]. The van der Waals surface area contributed by atoms with Crippen LogP contribution in [-0.4, -0.2) is 17.4 Å². The number of nitro benzene ring substituents is 1. The topological polar surface area (TPSA) is 72.2 Å². The van der Waals surface area contributed by atoms with Crippen LogP contribution in [0, 0.1) is 17.0 Å². The summed E-state index contributed by atoms with van der Waals surface area (Å²) < 4.78 is 37.5. The molecule has 0 atom stereocenters. The van der Waals surface area contributed by atoms with Crippen molar-refractivity contribution in [1.29, 1.82) is 0 Å². The van der Waals surface area contributed by atoms with Crippen LogP contribution in [0.2, 0.25) is 0 Å². The van der Waals surface area contributed by atoms with E-state index < -0.39 is 22.6 Å². The largest absolute Gasteiger partial charge is 0.416 e. The second kappa shape index (κ2) is 7.33. The minimum absolute atomic E-state index is 0.143. The summed E-state index contributed by atoms with van der Waals surface area (Å²) in [7, 11) is 0. The van der Waals surface area contributed by atoms with E-state index in [4.69, 9.17) is 0 Å². The van der Waals surface area contributed by atoms with Gasteiger partial charge >= 0.3 is 6.18 Å². The molecule has 0 fully saturated rings. The molecule has 132 valence electrons. The summed E-state index contributed by atoms with van der Waals surface area (Å²) in [6.07, 6.45) is -4.04. The number of benzene rings is 2. The van der Waals surface area contributed by atoms with E-state index in [1.807, 2.05) is 0 Å². The Morgan fingerprint density at radius 3 is 2.36 bits per heavy atom. The van der Waals surface area contributed by atoms with Crippen molar-refractivity contribution in [3.63, 3.8) is 0 Å². The summed E-state index contributed by atoms with van der Waals surface area (Å²) in [6, 6.07) is 8.91. The molecule has 0 bridgehead atoms. The fourth-order valence-electron chi connectivity index (χ4n) is 2.34. The summed E-state index contributed by atoms with van der Waals surface area (Å²) in [5.74, 6) is -0.465. The first-order chi connectivity index (χ1) is 11.7. The Bertz CT molecular complexity index is 787. The number of nitro groups is 1. The van der Waals surface area contributed by atoms with Gasteiger partial charge in [-0.2, -0.15) is 13.2 Å². The van der Waals surface area contributed by atoms with Gasteiger partial charge in [0.15, 0.2) is 0 Å². The van der Waals surface area contributed by atoms with Crippen LogP contribution in [0.5, 0.6) is 0 Å². The molecule has 0 aromatic heterocycles. The Morgan fingerprint density at radius 1 is 1.16 bits per heavy atom. The van der Waals surface area contributed by atoms with Gasteiger partial charge < -0.3 is 5.32 Å². The highest BCUT2D eigenvalue weighted by atomic mass is 19.4. The predicted molar refractivity (Wildman–Crippen MR) is 85.3 cm³/mol. The number of halogens is 3. The quantitative estimate of drug-likeness (QED) is 0.655. The molecule has 0 aliphatic rings. The van der Waals surface area contributed by atoms with Crippen molar-refractivity contribution >= 4 is 11.6 Å². The molecule has 0 aliphatic heterocycles. The third kappa shape index (κ3) is 4.56. The minimum Gasteiger partial charge on any atom is -0.352 e. The molecule has 2 aromatic carbocycles. The molecule has 2 aromatic rings. The molecule has 0 aliphatic carbocycles. The van der Waals surface area contributed by atoms with Gasteiger partial charge in [0.1, 0.15) is 0 Å². The average molecular weight is 352 g/mol. The molecule has 5 nitrogen and oxygen atoms in total. The molecule has 0 radical (unpaired) electrons. The lowest BCUT2D eigenvalue weighted by Gasteiger charge is -2.09. The summed E-state index contributed by atoms with van der Waals surface area (Å²) in [6.45, 7) is 1.69. The normalized spacial score (nSPS) is 11.2. The molecule has 25 heavy (non-hydrogen) atoms. The van der Waals surface area contributed by atoms with E-state index in [1.165, 1.54) is 37.3 Å². The highest BCUT2D eigenvalue weighted by Crippen LogP contribution is 2.29. The number of carbonyl (C=O) groups excluding carboxylic acids is 1. The molecule has 8 heteroatoms. The lowest BCUT2D eigenvalue weighted by atomic mass is 10.1. The number of alkyl halides is 3. The number of hydrogen-bond donors (Lipinski definition) is 1. The maximum absolute atomic E-state index is 12.5. The predicted octanol–water partition coefficient (Wildman–Crippen LogP) is 3.89. The van der Waals surface area contributed by atoms with E-state index in [2.05, 4.69) is 5.32 Å². The number of hydrogen-bond acceptors (Lipinski definition) is 3. The van der Waals surface area contributed by atoms with Crippen molar-refractivity contribution in [3.8, 4) is 0 Å². The second-order valence-electron chi connectivity index (χ2n) is 5.41. The molecule has 1 N–H and O–H groups in total. The molecule has 0 unspecified atom stereocenters. The van der Waals surface area contributed by atoms with Crippen LogP contribution in [0.25, 0.3) is 0 Å². The Kier molecular flexibility index (Phi) is 5.41. The van der Waals surface area contributed by atoms with Crippen molar-refractivity contribution in [1.82, 2.24) is 5.32 Å². The molecular weight excluding hydrogens is 337 g/mol. The van der Waals surface area contributed by atoms with E-state index in [1.54, 1.807) is 0 Å². The van der Waals surface area contributed by atoms with Crippen LogP contribution < -0.4 is 5.32 Å². The van der Waals surface area contributed by atoms with E-state index in [-0.39, 0.29) is 23.4 Å². The van der Waals surface area contributed by atoms with Gasteiger partial charge in [-0.05, 0) is 37.1 Å². The first-order valence-electron chi connectivity index (χ1n) is 7.38. The van der Waals surface area contributed by atoms with Crippen LogP contribution in [0.15, 0.2) is 42.5 Å². The van der Waals surface area contributed by atoms with Crippen molar-refractivity contribution in [2.24, 2.45) is 0 Å². The molecule has 0 spiro atoms. The van der Waals surface area contributed by atoms with Crippen LogP contribution in [0.4, 0.5) is 18.9 Å². The van der Waals surface area contributed by atoms with Gasteiger partial charge in [-0.15, -0.1) is 0 Å². The van der Waals surface area contributed by atoms with Crippen LogP contribution in [0.1, 0.15) is 27.0 Å². The molecule has 0 saturated carbocycles. The summed E-state index contributed by atoms with van der Waals surface area (Å²) in [4.78, 5) is 22.5. The summed E-state index contributed by atoms with van der Waals surface area (Å²) in [5, 5.41) is 13.5. The van der Waals surface area contributed by atoms with Crippen molar-refractivity contribution in [2.45, 2.75) is 19.5 Å². The van der Waals surface area contributed by atoms with Crippen molar-refractivity contribution in [2.75, 3.05) is 6.54 Å². The second-order valence-corrected chi connectivity index (χ2v) is 5.41. The lowest BCUT2D eigenvalue weighted by Crippen LogP contribution is -2.26. The Labute approximate surface area is 141 Å². The van der Waals surface area contributed by atoms with E-state index in [0.717, 1.165) is 12.1 Å². The van der Waals surface area contributed by atoms with Gasteiger partial charge in [0.25, 0.3) is 11.6 Å². The van der Waals surface area contributed by atoms with Gasteiger partial charge in [-0.3, -0.25) is 14.9 Å². The standard InChI is InChI=1S/C17H15F3N2O3/c1-11-14(3-2-4-15(11)22(24)25)16(23)21-10-9-12-5-7-13(8-6-12)17(18,19)20/h2-8H,9-10H2,1H3,(H,21,23). The lowest BCUT2D eigenvalue weighted by molar-refractivity contribution is -0.385. The average Bonchev–Trinajstić information content (AvgIpc) is 2.54. The van der Waals surface area contributed by atoms with Gasteiger partial charge in [0, 0.05) is 23.7 Å². The molecular formula is C17H15F3N2O3. The number of nitrogens with one attached hydrogen (secondary N) is 1. The molecule has 0 saturated heterocycles. The zero-order chi connectivity index (χ0) is 18.6.